The van der Waals surface area contributed by atoms with Gasteiger partial charge in [-0.2, -0.15) is 13.2 Å². The van der Waals surface area contributed by atoms with Crippen LogP contribution in [0.4, 0.5) is 13.2 Å². The van der Waals surface area contributed by atoms with Crippen molar-refractivity contribution in [2.75, 3.05) is 13.7 Å². The molecule has 0 aliphatic carbocycles. The summed E-state index contributed by atoms with van der Waals surface area (Å²) in [7, 11) is 1.21. The number of carbonyl (C=O) groups is 1. The number of esters is 1. The Hall–Kier alpha value is -2.94. The van der Waals surface area contributed by atoms with Gasteiger partial charge in [-0.1, -0.05) is 11.6 Å². The van der Waals surface area contributed by atoms with Crippen LogP contribution in [-0.2, 0) is 15.7 Å². The Labute approximate surface area is 154 Å². The number of methoxy groups -OCH3 is 1. The lowest BCUT2D eigenvalue weighted by Crippen LogP contribution is -2.13. The maximum atomic E-state index is 12.8. The largest absolute Gasteiger partial charge is 0.482 e. The predicted octanol–water partition coefficient (Wildman–Crippen LogP) is 3.81. The highest BCUT2D eigenvalue weighted by Gasteiger charge is 2.31. The minimum Gasteiger partial charge on any atom is -0.482 e. The second-order valence-corrected chi connectivity index (χ2v) is 5.77. The standard InChI is InChI=1S/C17H11ClF3NO5/c1-25-15(23)8-26-10-3-5-13-14(7-10)27-16(24)22(13)12-4-2-9(6-11(12)18)17(19,20)21/h2-7H,8H2,1H3. The van der Waals surface area contributed by atoms with Gasteiger partial charge < -0.3 is 13.9 Å². The summed E-state index contributed by atoms with van der Waals surface area (Å²) < 4.78 is 54.2. The number of aromatic nitrogens is 1. The van der Waals surface area contributed by atoms with Crippen molar-refractivity contribution in [1.29, 1.82) is 0 Å². The van der Waals surface area contributed by atoms with Gasteiger partial charge in [0.1, 0.15) is 5.75 Å². The van der Waals surface area contributed by atoms with Gasteiger partial charge in [-0.3, -0.25) is 0 Å². The number of oxazole rings is 1. The van der Waals surface area contributed by atoms with E-state index in [1.165, 1.54) is 25.3 Å². The fourth-order valence-corrected chi connectivity index (χ4v) is 2.65. The molecule has 0 aliphatic heterocycles. The lowest BCUT2D eigenvalue weighted by Gasteiger charge is -2.10. The van der Waals surface area contributed by atoms with Crippen molar-refractivity contribution in [1.82, 2.24) is 4.57 Å². The van der Waals surface area contributed by atoms with E-state index < -0.39 is 23.5 Å². The average Bonchev–Trinajstić information content (AvgIpc) is 2.93. The van der Waals surface area contributed by atoms with Gasteiger partial charge >= 0.3 is 17.9 Å². The van der Waals surface area contributed by atoms with E-state index in [9.17, 15) is 22.8 Å². The van der Waals surface area contributed by atoms with Crippen LogP contribution in [-0.4, -0.2) is 24.3 Å². The van der Waals surface area contributed by atoms with Crippen molar-refractivity contribution in [3.05, 3.63) is 57.5 Å². The summed E-state index contributed by atoms with van der Waals surface area (Å²) in [5, 5.41) is -0.263. The second-order valence-electron chi connectivity index (χ2n) is 5.36. The molecule has 0 N–H and O–H groups in total. The molecular formula is C17H11ClF3NO5. The molecule has 0 aliphatic rings. The van der Waals surface area contributed by atoms with Crippen molar-refractivity contribution < 1.29 is 31.9 Å². The number of ether oxygens (including phenoxy) is 2. The number of alkyl halides is 3. The van der Waals surface area contributed by atoms with Crippen LogP contribution in [0.1, 0.15) is 5.56 Å². The molecule has 0 saturated heterocycles. The van der Waals surface area contributed by atoms with Crippen LogP contribution in [0.3, 0.4) is 0 Å². The maximum absolute atomic E-state index is 12.8. The van der Waals surface area contributed by atoms with Gasteiger partial charge in [0.2, 0.25) is 0 Å². The molecule has 2 aromatic carbocycles. The number of nitrogens with zero attached hydrogens (tertiary/aromatic N) is 1. The van der Waals surface area contributed by atoms with E-state index in [0.717, 1.165) is 22.8 Å². The third-order valence-corrected chi connectivity index (χ3v) is 3.96. The van der Waals surface area contributed by atoms with Crippen LogP contribution in [0, 0.1) is 0 Å². The molecule has 142 valence electrons. The summed E-state index contributed by atoms with van der Waals surface area (Å²) >= 11 is 5.95. The molecule has 10 heteroatoms. The van der Waals surface area contributed by atoms with E-state index in [1.54, 1.807) is 0 Å². The summed E-state index contributed by atoms with van der Waals surface area (Å²) in [5.74, 6) is -1.19. The third-order valence-electron chi connectivity index (χ3n) is 3.65. The molecule has 0 fully saturated rings. The highest BCUT2D eigenvalue weighted by Crippen LogP contribution is 2.34. The highest BCUT2D eigenvalue weighted by molar-refractivity contribution is 6.32. The van der Waals surface area contributed by atoms with Crippen LogP contribution < -0.4 is 10.5 Å². The minimum absolute atomic E-state index is 0.0386. The lowest BCUT2D eigenvalue weighted by atomic mass is 10.2. The maximum Gasteiger partial charge on any atom is 0.424 e. The van der Waals surface area contributed by atoms with E-state index in [2.05, 4.69) is 4.74 Å². The number of benzene rings is 2. The van der Waals surface area contributed by atoms with Gasteiger partial charge in [-0.25, -0.2) is 14.2 Å². The van der Waals surface area contributed by atoms with Crippen LogP contribution >= 0.6 is 11.6 Å². The number of hydrogen-bond donors (Lipinski definition) is 0. The van der Waals surface area contributed by atoms with Gasteiger partial charge in [-0.05, 0) is 30.3 Å². The molecule has 0 amide bonds. The summed E-state index contributed by atoms with van der Waals surface area (Å²) in [6.45, 7) is -0.336. The molecule has 1 heterocycles. The molecule has 0 unspecified atom stereocenters. The molecule has 1 aromatic heterocycles. The van der Waals surface area contributed by atoms with Crippen LogP contribution in [0.5, 0.6) is 5.75 Å². The predicted molar refractivity (Wildman–Crippen MR) is 89.3 cm³/mol. The molecule has 0 saturated carbocycles. The van der Waals surface area contributed by atoms with Crippen molar-refractivity contribution in [2.45, 2.75) is 6.18 Å². The Balaban J connectivity index is 2.02. The monoisotopic (exact) mass is 401 g/mol. The number of carbonyl (C=O) groups excluding carboxylic acids is 1. The van der Waals surface area contributed by atoms with E-state index in [0.29, 0.717) is 0 Å². The fourth-order valence-electron chi connectivity index (χ4n) is 2.38. The zero-order valence-corrected chi connectivity index (χ0v) is 14.4. The van der Waals surface area contributed by atoms with Crippen molar-refractivity contribution in [3.63, 3.8) is 0 Å². The molecule has 3 aromatic rings. The Bertz CT molecular complexity index is 1070. The summed E-state index contributed by atoms with van der Waals surface area (Å²) in [5.41, 5.74) is -0.516. The van der Waals surface area contributed by atoms with Crippen LogP contribution in [0.25, 0.3) is 16.8 Å². The first-order valence-electron chi connectivity index (χ1n) is 7.43. The van der Waals surface area contributed by atoms with Gasteiger partial charge in [0.25, 0.3) is 0 Å². The molecule has 0 bridgehead atoms. The zero-order valence-electron chi connectivity index (χ0n) is 13.7. The SMILES string of the molecule is COC(=O)COc1ccc2c(c1)oc(=O)n2-c1ccc(C(F)(F)F)cc1Cl. The lowest BCUT2D eigenvalue weighted by molar-refractivity contribution is -0.143. The Kier molecular flexibility index (Phi) is 4.88. The smallest absolute Gasteiger partial charge is 0.424 e. The number of hydrogen-bond acceptors (Lipinski definition) is 5. The molecular weight excluding hydrogens is 391 g/mol. The van der Waals surface area contributed by atoms with Gasteiger partial charge in [-0.15, -0.1) is 0 Å². The molecule has 0 radical (unpaired) electrons. The number of rotatable bonds is 4. The average molecular weight is 402 g/mol. The Morgan fingerprint density at radius 1 is 1.22 bits per heavy atom. The van der Waals surface area contributed by atoms with E-state index in [1.807, 2.05) is 0 Å². The quantitative estimate of drug-likeness (QED) is 0.622. The van der Waals surface area contributed by atoms with E-state index in [-0.39, 0.29) is 34.2 Å². The first-order chi connectivity index (χ1) is 12.7. The Morgan fingerprint density at radius 2 is 1.96 bits per heavy atom. The molecule has 0 spiro atoms. The van der Waals surface area contributed by atoms with Crippen LogP contribution in [0.15, 0.2) is 45.6 Å². The van der Waals surface area contributed by atoms with Gasteiger partial charge in [0, 0.05) is 6.07 Å². The molecule has 6 nitrogen and oxygen atoms in total. The summed E-state index contributed by atoms with van der Waals surface area (Å²) in [4.78, 5) is 23.3. The normalized spacial score (nSPS) is 11.6. The number of halogens is 4. The minimum atomic E-state index is -4.56. The summed E-state index contributed by atoms with van der Waals surface area (Å²) in [6, 6.07) is 6.93. The van der Waals surface area contributed by atoms with Gasteiger partial charge in [0.15, 0.2) is 12.2 Å². The zero-order chi connectivity index (χ0) is 19.8. The fraction of sp³-hybridized carbons (Fsp3) is 0.176. The first kappa shape index (κ1) is 18.8. The van der Waals surface area contributed by atoms with E-state index >= 15 is 0 Å². The summed E-state index contributed by atoms with van der Waals surface area (Å²) in [6.07, 6.45) is -4.56. The molecule has 3 rings (SSSR count). The number of fused-ring (bicyclic) bond motifs is 1. The first-order valence-corrected chi connectivity index (χ1v) is 7.81. The molecule has 27 heavy (non-hydrogen) atoms. The topological polar surface area (TPSA) is 70.7 Å². The highest BCUT2D eigenvalue weighted by atomic mass is 35.5. The van der Waals surface area contributed by atoms with Gasteiger partial charge in [0.05, 0.1) is 28.9 Å². The van der Waals surface area contributed by atoms with Crippen molar-refractivity contribution >= 4 is 28.7 Å². The van der Waals surface area contributed by atoms with Crippen molar-refractivity contribution in [2.24, 2.45) is 0 Å². The molecule has 0 atom stereocenters. The van der Waals surface area contributed by atoms with Crippen molar-refractivity contribution in [3.8, 4) is 11.4 Å². The Morgan fingerprint density at radius 3 is 2.59 bits per heavy atom. The second kappa shape index (κ2) is 6.99. The van der Waals surface area contributed by atoms with Crippen LogP contribution in [0.2, 0.25) is 5.02 Å². The third kappa shape index (κ3) is 3.77. The van der Waals surface area contributed by atoms with E-state index in [4.69, 9.17) is 20.8 Å².